The normalized spacial score (nSPS) is 11.0. The summed E-state index contributed by atoms with van der Waals surface area (Å²) < 4.78 is 34.6. The number of halogens is 1. The van der Waals surface area contributed by atoms with E-state index in [-0.39, 0.29) is 0 Å². The Kier molecular flexibility index (Phi) is 4.89. The summed E-state index contributed by atoms with van der Waals surface area (Å²) in [6, 6.07) is 4.70. The quantitative estimate of drug-likeness (QED) is 0.812. The van der Waals surface area contributed by atoms with Crippen LogP contribution in [0.2, 0.25) is 0 Å². The van der Waals surface area contributed by atoms with Crippen molar-refractivity contribution >= 4 is 25.6 Å². The van der Waals surface area contributed by atoms with E-state index in [0.717, 1.165) is 0 Å². The Hall–Kier alpha value is -1.14. The first kappa shape index (κ1) is 13.9. The Balaban J connectivity index is 3.00. The van der Waals surface area contributed by atoms with Gasteiger partial charge in [-0.1, -0.05) is 0 Å². The Morgan fingerprint density at radius 1 is 1.18 bits per heavy atom. The third-order valence-electron chi connectivity index (χ3n) is 1.78. The molecule has 0 bridgehead atoms. The molecule has 0 saturated carbocycles. The van der Waals surface area contributed by atoms with Crippen LogP contribution in [0.3, 0.4) is 0 Å². The van der Waals surface area contributed by atoms with Crippen molar-refractivity contribution in [2.24, 2.45) is 0 Å². The molecule has 1 aromatic carbocycles. The predicted molar refractivity (Wildman–Crippen MR) is 67.2 cm³/mol. The summed E-state index contributed by atoms with van der Waals surface area (Å²) in [5.74, 6) is 1.03. The first-order valence-electron chi connectivity index (χ1n) is 5.08. The molecule has 0 aromatic heterocycles. The van der Waals surface area contributed by atoms with Crippen molar-refractivity contribution in [3.63, 3.8) is 0 Å². The summed E-state index contributed by atoms with van der Waals surface area (Å²) in [7, 11) is 1.28. The number of hydrogen-bond acceptors (Lipinski definition) is 4. The maximum atomic E-state index is 10.9. The van der Waals surface area contributed by atoms with Crippen LogP contribution in [0.15, 0.2) is 18.2 Å². The van der Waals surface area contributed by atoms with Gasteiger partial charge < -0.3 is 9.47 Å². The van der Waals surface area contributed by atoms with Gasteiger partial charge in [-0.2, -0.15) is 8.42 Å². The number of anilines is 1. The Labute approximate surface area is 105 Å². The first-order chi connectivity index (χ1) is 7.96. The number of rotatable bonds is 6. The van der Waals surface area contributed by atoms with E-state index >= 15 is 0 Å². The molecule has 0 spiro atoms. The third kappa shape index (κ3) is 4.70. The molecule has 0 fully saturated rings. The second kappa shape index (κ2) is 5.97. The van der Waals surface area contributed by atoms with Crippen molar-refractivity contribution in [1.82, 2.24) is 0 Å². The van der Waals surface area contributed by atoms with Crippen molar-refractivity contribution in [2.45, 2.75) is 13.8 Å². The fraction of sp³-hybridized carbons (Fsp3) is 0.400. The second-order valence-corrected chi connectivity index (χ2v) is 5.37. The van der Waals surface area contributed by atoms with Crippen molar-refractivity contribution in [3.05, 3.63) is 18.2 Å². The van der Waals surface area contributed by atoms with Crippen LogP contribution in [-0.2, 0) is 9.24 Å². The maximum Gasteiger partial charge on any atom is 0.319 e. The lowest BCUT2D eigenvalue weighted by Crippen LogP contribution is -2.05. The highest BCUT2D eigenvalue weighted by Gasteiger charge is 2.09. The zero-order valence-corrected chi connectivity index (χ0v) is 11.1. The highest BCUT2D eigenvalue weighted by molar-refractivity contribution is 8.14. The van der Waals surface area contributed by atoms with Gasteiger partial charge in [-0.15, -0.1) is 0 Å². The summed E-state index contributed by atoms with van der Waals surface area (Å²) in [5, 5.41) is 0. The number of hydrogen-bond donors (Lipinski definition) is 1. The third-order valence-corrected chi connectivity index (χ3v) is 2.49. The van der Waals surface area contributed by atoms with E-state index in [9.17, 15) is 8.42 Å². The van der Waals surface area contributed by atoms with E-state index in [4.69, 9.17) is 20.2 Å². The van der Waals surface area contributed by atoms with Crippen LogP contribution < -0.4 is 14.2 Å². The van der Waals surface area contributed by atoms with Gasteiger partial charge in [-0.3, -0.25) is 4.72 Å². The van der Waals surface area contributed by atoms with E-state index in [1.54, 1.807) is 12.1 Å². The molecule has 17 heavy (non-hydrogen) atoms. The van der Waals surface area contributed by atoms with Crippen molar-refractivity contribution in [1.29, 1.82) is 0 Å². The number of nitrogens with one attached hydrogen (secondary N) is 1. The number of ether oxygens (including phenoxy) is 2. The van der Waals surface area contributed by atoms with Crippen LogP contribution in [0.4, 0.5) is 5.69 Å². The standard InChI is InChI=1S/C10H14ClNO4S/c1-3-15-9-6-5-8(12-17(11,13)14)7-10(9)16-4-2/h5-7,12H,3-4H2,1-2H3. The highest BCUT2D eigenvalue weighted by atomic mass is 35.7. The lowest BCUT2D eigenvalue weighted by Gasteiger charge is -2.12. The molecule has 96 valence electrons. The lowest BCUT2D eigenvalue weighted by atomic mass is 10.3. The molecular weight excluding hydrogens is 266 g/mol. The Bertz CT molecular complexity index is 475. The smallest absolute Gasteiger partial charge is 0.319 e. The molecule has 0 unspecified atom stereocenters. The van der Waals surface area contributed by atoms with Gasteiger partial charge >= 0.3 is 9.24 Å². The first-order valence-corrected chi connectivity index (χ1v) is 7.39. The summed E-state index contributed by atoms with van der Waals surface area (Å²) >= 11 is 0. The fourth-order valence-electron chi connectivity index (χ4n) is 1.26. The van der Waals surface area contributed by atoms with Crippen LogP contribution in [0.25, 0.3) is 0 Å². The number of benzene rings is 1. The van der Waals surface area contributed by atoms with Gasteiger partial charge in [0.1, 0.15) is 0 Å². The van der Waals surface area contributed by atoms with Crippen LogP contribution in [-0.4, -0.2) is 21.6 Å². The largest absolute Gasteiger partial charge is 0.490 e. The molecule has 1 aromatic rings. The minimum atomic E-state index is -3.81. The molecule has 0 aliphatic rings. The van der Waals surface area contributed by atoms with Gasteiger partial charge in [0.15, 0.2) is 11.5 Å². The molecular formula is C10H14ClNO4S. The van der Waals surface area contributed by atoms with Crippen LogP contribution in [0, 0.1) is 0 Å². The van der Waals surface area contributed by atoms with Gasteiger partial charge in [-0.05, 0) is 26.0 Å². The molecule has 0 aliphatic heterocycles. The zero-order chi connectivity index (χ0) is 12.9. The minimum Gasteiger partial charge on any atom is -0.490 e. The average Bonchev–Trinajstić information content (AvgIpc) is 2.20. The SMILES string of the molecule is CCOc1ccc(NS(=O)(=O)Cl)cc1OCC. The summed E-state index contributed by atoms with van der Waals surface area (Å²) in [6.07, 6.45) is 0. The highest BCUT2D eigenvalue weighted by Crippen LogP contribution is 2.31. The zero-order valence-electron chi connectivity index (χ0n) is 9.57. The molecule has 5 nitrogen and oxygen atoms in total. The molecule has 0 atom stereocenters. The van der Waals surface area contributed by atoms with Crippen molar-refractivity contribution in [2.75, 3.05) is 17.9 Å². The van der Waals surface area contributed by atoms with Gasteiger partial charge in [0, 0.05) is 16.7 Å². The van der Waals surface area contributed by atoms with E-state index in [1.807, 2.05) is 13.8 Å². The summed E-state index contributed by atoms with van der Waals surface area (Å²) in [5.41, 5.74) is 0.326. The van der Waals surface area contributed by atoms with E-state index in [2.05, 4.69) is 4.72 Å². The Morgan fingerprint density at radius 2 is 1.76 bits per heavy atom. The van der Waals surface area contributed by atoms with Gasteiger partial charge in [0.05, 0.1) is 18.9 Å². The molecule has 0 amide bonds. The van der Waals surface area contributed by atoms with E-state index < -0.39 is 9.24 Å². The van der Waals surface area contributed by atoms with Gasteiger partial charge in [0.2, 0.25) is 0 Å². The van der Waals surface area contributed by atoms with E-state index in [1.165, 1.54) is 6.07 Å². The topological polar surface area (TPSA) is 64.6 Å². The minimum absolute atomic E-state index is 0.326. The van der Waals surface area contributed by atoms with Crippen LogP contribution >= 0.6 is 10.7 Å². The summed E-state index contributed by atoms with van der Waals surface area (Å²) in [4.78, 5) is 0. The maximum absolute atomic E-state index is 10.9. The predicted octanol–water partition coefficient (Wildman–Crippen LogP) is 2.38. The van der Waals surface area contributed by atoms with E-state index in [0.29, 0.717) is 30.4 Å². The monoisotopic (exact) mass is 279 g/mol. The van der Waals surface area contributed by atoms with Crippen molar-refractivity contribution in [3.8, 4) is 11.5 Å². The van der Waals surface area contributed by atoms with Crippen molar-refractivity contribution < 1.29 is 17.9 Å². The van der Waals surface area contributed by atoms with Gasteiger partial charge in [-0.25, -0.2) is 0 Å². The molecule has 0 aliphatic carbocycles. The van der Waals surface area contributed by atoms with Crippen LogP contribution in [0.5, 0.6) is 11.5 Å². The van der Waals surface area contributed by atoms with Gasteiger partial charge in [0.25, 0.3) is 0 Å². The molecule has 0 heterocycles. The molecule has 0 saturated heterocycles. The molecule has 1 N–H and O–H groups in total. The Morgan fingerprint density at radius 3 is 2.29 bits per heavy atom. The fourth-order valence-corrected chi connectivity index (χ4v) is 1.93. The molecule has 1 rings (SSSR count). The molecule has 7 heteroatoms. The summed E-state index contributed by atoms with van der Waals surface area (Å²) in [6.45, 7) is 4.64. The lowest BCUT2D eigenvalue weighted by molar-refractivity contribution is 0.288. The second-order valence-electron chi connectivity index (χ2n) is 3.07. The molecule has 0 radical (unpaired) electrons. The van der Waals surface area contributed by atoms with Crippen LogP contribution in [0.1, 0.15) is 13.8 Å². The average molecular weight is 280 g/mol.